The predicted molar refractivity (Wildman–Crippen MR) is 63.4 cm³/mol. The quantitative estimate of drug-likeness (QED) is 0.891. The number of thiazole rings is 1. The van der Waals surface area contributed by atoms with Crippen molar-refractivity contribution in [1.82, 2.24) is 4.98 Å². The van der Waals surface area contributed by atoms with Crippen LogP contribution >= 0.6 is 22.9 Å². The molecule has 0 atom stereocenters. The SMILES string of the molecule is COc1sc(Nc2ccccc2)nc1Cl. The number of benzene rings is 1. The van der Waals surface area contributed by atoms with Crippen LogP contribution in [0.5, 0.6) is 5.06 Å². The van der Waals surface area contributed by atoms with Gasteiger partial charge in [0.1, 0.15) is 0 Å². The molecule has 0 bridgehead atoms. The van der Waals surface area contributed by atoms with Crippen molar-refractivity contribution in [2.75, 3.05) is 12.4 Å². The predicted octanol–water partition coefficient (Wildman–Crippen LogP) is 3.55. The molecule has 5 heteroatoms. The van der Waals surface area contributed by atoms with Gasteiger partial charge in [-0.3, -0.25) is 0 Å². The zero-order chi connectivity index (χ0) is 10.7. The standard InChI is InChI=1S/C10H9ClN2OS/c1-14-9-8(11)13-10(15-9)12-7-5-3-2-4-6-7/h2-6H,1H3,(H,12,13). The number of para-hydroxylation sites is 1. The van der Waals surface area contributed by atoms with Gasteiger partial charge in [-0.1, -0.05) is 41.1 Å². The summed E-state index contributed by atoms with van der Waals surface area (Å²) in [6.07, 6.45) is 0. The van der Waals surface area contributed by atoms with E-state index in [2.05, 4.69) is 10.3 Å². The van der Waals surface area contributed by atoms with Crippen molar-refractivity contribution >= 4 is 33.8 Å². The van der Waals surface area contributed by atoms with E-state index in [9.17, 15) is 0 Å². The van der Waals surface area contributed by atoms with Gasteiger partial charge in [-0.05, 0) is 12.1 Å². The lowest BCUT2D eigenvalue weighted by molar-refractivity contribution is 0.426. The normalized spacial score (nSPS) is 10.0. The highest BCUT2D eigenvalue weighted by molar-refractivity contribution is 7.18. The molecule has 0 amide bonds. The summed E-state index contributed by atoms with van der Waals surface area (Å²) in [5, 5.41) is 4.88. The monoisotopic (exact) mass is 240 g/mol. The van der Waals surface area contributed by atoms with Crippen LogP contribution in [0.15, 0.2) is 30.3 Å². The Bertz CT molecular complexity index is 444. The van der Waals surface area contributed by atoms with Crippen LogP contribution in [0.4, 0.5) is 10.8 Å². The average molecular weight is 241 g/mol. The average Bonchev–Trinajstić information content (AvgIpc) is 2.60. The van der Waals surface area contributed by atoms with Crippen molar-refractivity contribution in [3.8, 4) is 5.06 Å². The van der Waals surface area contributed by atoms with E-state index in [0.717, 1.165) is 10.8 Å². The van der Waals surface area contributed by atoms with Crippen molar-refractivity contribution < 1.29 is 4.74 Å². The number of anilines is 2. The van der Waals surface area contributed by atoms with Crippen molar-refractivity contribution in [2.24, 2.45) is 0 Å². The van der Waals surface area contributed by atoms with Gasteiger partial charge in [0.15, 0.2) is 10.3 Å². The molecule has 2 rings (SSSR count). The van der Waals surface area contributed by atoms with Crippen LogP contribution in [-0.4, -0.2) is 12.1 Å². The second kappa shape index (κ2) is 4.51. The lowest BCUT2D eigenvalue weighted by atomic mass is 10.3. The minimum absolute atomic E-state index is 0.390. The molecule has 3 nitrogen and oxygen atoms in total. The molecule has 78 valence electrons. The van der Waals surface area contributed by atoms with Gasteiger partial charge in [0.25, 0.3) is 0 Å². The highest BCUT2D eigenvalue weighted by Gasteiger charge is 2.08. The van der Waals surface area contributed by atoms with Crippen LogP contribution in [0.25, 0.3) is 0 Å². The fourth-order valence-corrected chi connectivity index (χ4v) is 2.13. The molecule has 0 fully saturated rings. The molecular weight excluding hydrogens is 232 g/mol. The summed E-state index contributed by atoms with van der Waals surface area (Å²) in [7, 11) is 1.58. The van der Waals surface area contributed by atoms with Crippen molar-refractivity contribution in [3.05, 3.63) is 35.5 Å². The van der Waals surface area contributed by atoms with Crippen LogP contribution in [0.2, 0.25) is 5.15 Å². The summed E-state index contributed by atoms with van der Waals surface area (Å²) < 4.78 is 5.05. The fraction of sp³-hybridized carbons (Fsp3) is 0.100. The molecule has 1 heterocycles. The lowest BCUT2D eigenvalue weighted by Gasteiger charge is -1.99. The van der Waals surface area contributed by atoms with Crippen LogP contribution in [-0.2, 0) is 0 Å². The third-order valence-corrected chi connectivity index (χ3v) is 3.07. The molecule has 1 aromatic heterocycles. The molecule has 0 aliphatic carbocycles. The Balaban J connectivity index is 2.18. The van der Waals surface area contributed by atoms with E-state index in [1.807, 2.05) is 30.3 Å². The molecule has 1 aromatic carbocycles. The topological polar surface area (TPSA) is 34.1 Å². The third kappa shape index (κ3) is 2.40. The largest absolute Gasteiger partial charge is 0.485 e. The maximum atomic E-state index is 5.85. The second-order valence-corrected chi connectivity index (χ2v) is 4.11. The lowest BCUT2D eigenvalue weighted by Crippen LogP contribution is -1.87. The van der Waals surface area contributed by atoms with Gasteiger partial charge in [0.05, 0.1) is 7.11 Å². The van der Waals surface area contributed by atoms with Crippen LogP contribution in [0.3, 0.4) is 0 Å². The molecule has 0 aliphatic rings. The maximum absolute atomic E-state index is 5.85. The first-order valence-electron chi connectivity index (χ1n) is 4.32. The number of nitrogens with zero attached hydrogens (tertiary/aromatic N) is 1. The molecule has 0 radical (unpaired) electrons. The number of aromatic nitrogens is 1. The van der Waals surface area contributed by atoms with E-state index in [1.54, 1.807) is 7.11 Å². The minimum atomic E-state index is 0.390. The zero-order valence-electron chi connectivity index (χ0n) is 8.03. The van der Waals surface area contributed by atoms with Crippen LogP contribution in [0.1, 0.15) is 0 Å². The van der Waals surface area contributed by atoms with E-state index in [4.69, 9.17) is 16.3 Å². The summed E-state index contributed by atoms with van der Waals surface area (Å²) in [5.41, 5.74) is 0.977. The Hall–Kier alpha value is -1.26. The number of hydrogen-bond acceptors (Lipinski definition) is 4. The first-order chi connectivity index (χ1) is 7.29. The Morgan fingerprint density at radius 2 is 2.07 bits per heavy atom. The van der Waals surface area contributed by atoms with E-state index >= 15 is 0 Å². The van der Waals surface area contributed by atoms with E-state index in [-0.39, 0.29) is 0 Å². The Morgan fingerprint density at radius 3 is 2.67 bits per heavy atom. The summed E-state index contributed by atoms with van der Waals surface area (Å²) in [6, 6.07) is 9.79. The van der Waals surface area contributed by atoms with Gasteiger partial charge in [-0.25, -0.2) is 4.98 Å². The van der Waals surface area contributed by atoms with E-state index in [0.29, 0.717) is 10.2 Å². The fourth-order valence-electron chi connectivity index (χ4n) is 1.11. The van der Waals surface area contributed by atoms with Crippen molar-refractivity contribution in [3.63, 3.8) is 0 Å². The minimum Gasteiger partial charge on any atom is -0.485 e. The van der Waals surface area contributed by atoms with E-state index in [1.165, 1.54) is 11.3 Å². The number of methoxy groups -OCH3 is 1. The van der Waals surface area contributed by atoms with Crippen LogP contribution < -0.4 is 10.1 Å². The Kier molecular flexibility index (Phi) is 3.08. The van der Waals surface area contributed by atoms with Gasteiger partial charge in [-0.15, -0.1) is 0 Å². The Morgan fingerprint density at radius 1 is 1.33 bits per heavy atom. The second-order valence-electron chi connectivity index (χ2n) is 2.79. The number of nitrogens with one attached hydrogen (secondary N) is 1. The molecule has 1 N–H and O–H groups in total. The molecule has 15 heavy (non-hydrogen) atoms. The molecule has 0 spiro atoms. The van der Waals surface area contributed by atoms with Gasteiger partial charge in [0, 0.05) is 5.69 Å². The number of ether oxygens (including phenoxy) is 1. The molecule has 0 unspecified atom stereocenters. The number of hydrogen-bond donors (Lipinski definition) is 1. The molecule has 0 aliphatic heterocycles. The van der Waals surface area contributed by atoms with Crippen LogP contribution in [0, 0.1) is 0 Å². The molecular formula is C10H9ClN2OS. The van der Waals surface area contributed by atoms with Gasteiger partial charge in [-0.2, -0.15) is 0 Å². The first kappa shape index (κ1) is 10.3. The van der Waals surface area contributed by atoms with Gasteiger partial charge < -0.3 is 10.1 Å². The van der Waals surface area contributed by atoms with Gasteiger partial charge in [0.2, 0.25) is 5.06 Å². The smallest absolute Gasteiger partial charge is 0.215 e. The summed E-state index contributed by atoms with van der Waals surface area (Å²) in [5.74, 6) is 0. The first-order valence-corrected chi connectivity index (χ1v) is 5.51. The highest BCUT2D eigenvalue weighted by Crippen LogP contribution is 2.35. The highest BCUT2D eigenvalue weighted by atomic mass is 35.5. The Labute approximate surface area is 96.7 Å². The van der Waals surface area contributed by atoms with Crippen molar-refractivity contribution in [2.45, 2.75) is 0 Å². The zero-order valence-corrected chi connectivity index (χ0v) is 9.60. The molecule has 0 saturated carbocycles. The summed E-state index contributed by atoms with van der Waals surface area (Å²) >= 11 is 7.22. The van der Waals surface area contributed by atoms with Crippen molar-refractivity contribution in [1.29, 1.82) is 0 Å². The molecule has 2 aromatic rings. The van der Waals surface area contributed by atoms with Gasteiger partial charge >= 0.3 is 0 Å². The molecule has 0 saturated heterocycles. The number of rotatable bonds is 3. The number of halogens is 1. The van der Waals surface area contributed by atoms with E-state index < -0.39 is 0 Å². The third-order valence-electron chi connectivity index (χ3n) is 1.77. The summed E-state index contributed by atoms with van der Waals surface area (Å²) in [4.78, 5) is 4.12. The summed E-state index contributed by atoms with van der Waals surface area (Å²) in [6.45, 7) is 0. The maximum Gasteiger partial charge on any atom is 0.215 e.